The molecule has 0 atom stereocenters. The van der Waals surface area contributed by atoms with E-state index < -0.39 is 0 Å². The van der Waals surface area contributed by atoms with Gasteiger partial charge in [0.25, 0.3) is 11.5 Å². The van der Waals surface area contributed by atoms with E-state index >= 15 is 0 Å². The predicted molar refractivity (Wildman–Crippen MR) is 147 cm³/mol. The highest BCUT2D eigenvalue weighted by Crippen LogP contribution is 2.30. The van der Waals surface area contributed by atoms with Gasteiger partial charge in [0.2, 0.25) is 5.91 Å². The van der Waals surface area contributed by atoms with Crippen molar-refractivity contribution in [3.63, 3.8) is 0 Å². The Hall–Kier alpha value is -3.59. The summed E-state index contributed by atoms with van der Waals surface area (Å²) in [7, 11) is 1.52. The molecule has 1 aromatic carbocycles. The molecule has 0 aliphatic carbocycles. The monoisotopic (exact) mass is 519 g/mol. The molecule has 2 aliphatic rings. The number of piperidine rings is 1. The lowest BCUT2D eigenvalue weighted by atomic mass is 9.94. The SMILES string of the molecule is COc1cc(C)[nH]c(=O)c1CNC(=O)c1c(C)n(CC2CCN(C3CN(C(C)=O)C3)CC2)c2ccccc12. The number of carbonyl (C=O) groups is 2. The normalized spacial score (nSPS) is 17.0. The summed E-state index contributed by atoms with van der Waals surface area (Å²) in [5.74, 6) is 0.953. The third-order valence-corrected chi connectivity index (χ3v) is 8.25. The Morgan fingerprint density at radius 3 is 2.53 bits per heavy atom. The summed E-state index contributed by atoms with van der Waals surface area (Å²) < 4.78 is 7.66. The van der Waals surface area contributed by atoms with E-state index in [9.17, 15) is 14.4 Å². The van der Waals surface area contributed by atoms with E-state index in [4.69, 9.17) is 4.74 Å². The molecule has 0 radical (unpaired) electrons. The second-order valence-corrected chi connectivity index (χ2v) is 10.7. The lowest BCUT2D eigenvalue weighted by molar-refractivity contribution is -0.136. The summed E-state index contributed by atoms with van der Waals surface area (Å²) in [6, 6.07) is 10.3. The molecule has 2 N–H and O–H groups in total. The highest BCUT2D eigenvalue weighted by molar-refractivity contribution is 6.08. The number of aryl methyl sites for hydroxylation is 1. The minimum atomic E-state index is -0.261. The van der Waals surface area contributed by atoms with Crippen LogP contribution in [0.5, 0.6) is 5.75 Å². The van der Waals surface area contributed by atoms with Gasteiger partial charge in [0.05, 0.1) is 24.8 Å². The summed E-state index contributed by atoms with van der Waals surface area (Å²) in [6.45, 7) is 10.2. The number of hydrogen-bond donors (Lipinski definition) is 2. The zero-order valence-electron chi connectivity index (χ0n) is 22.7. The van der Waals surface area contributed by atoms with E-state index in [0.717, 1.165) is 62.2 Å². The Kier molecular flexibility index (Phi) is 7.29. The fourth-order valence-electron chi connectivity index (χ4n) is 5.95. The Bertz CT molecular complexity index is 1410. The van der Waals surface area contributed by atoms with E-state index in [-0.39, 0.29) is 23.9 Å². The second-order valence-electron chi connectivity index (χ2n) is 10.7. The molecule has 2 aliphatic heterocycles. The predicted octanol–water partition coefficient (Wildman–Crippen LogP) is 2.83. The van der Waals surface area contributed by atoms with Gasteiger partial charge in [-0.15, -0.1) is 0 Å². The number of aromatic nitrogens is 2. The zero-order chi connectivity index (χ0) is 27.0. The van der Waals surface area contributed by atoms with E-state index in [1.54, 1.807) is 19.9 Å². The average molecular weight is 520 g/mol. The number of hydrogen-bond acceptors (Lipinski definition) is 5. The number of amides is 2. The number of ether oxygens (including phenoxy) is 1. The molecule has 9 nitrogen and oxygen atoms in total. The fraction of sp³-hybridized carbons (Fsp3) is 0.483. The van der Waals surface area contributed by atoms with E-state index in [1.807, 2.05) is 30.0 Å². The van der Waals surface area contributed by atoms with Crippen LogP contribution < -0.4 is 15.6 Å². The molecular weight excluding hydrogens is 482 g/mol. The maximum Gasteiger partial charge on any atom is 0.256 e. The molecule has 3 aromatic rings. The van der Waals surface area contributed by atoms with Gasteiger partial charge >= 0.3 is 0 Å². The molecule has 0 spiro atoms. The van der Waals surface area contributed by atoms with Gasteiger partial charge in [0, 0.05) is 54.9 Å². The van der Waals surface area contributed by atoms with Crippen molar-refractivity contribution in [1.29, 1.82) is 0 Å². The number of likely N-dealkylation sites (tertiary alicyclic amines) is 2. The van der Waals surface area contributed by atoms with Crippen LogP contribution in [0.1, 0.15) is 47.1 Å². The highest BCUT2D eigenvalue weighted by atomic mass is 16.5. The van der Waals surface area contributed by atoms with Crippen LogP contribution in [0.15, 0.2) is 35.1 Å². The van der Waals surface area contributed by atoms with Gasteiger partial charge in [-0.05, 0) is 57.8 Å². The van der Waals surface area contributed by atoms with Crippen molar-refractivity contribution in [3.8, 4) is 5.75 Å². The van der Waals surface area contributed by atoms with Gasteiger partial charge in [-0.3, -0.25) is 19.3 Å². The number of aromatic amines is 1. The number of fused-ring (bicyclic) bond motifs is 1. The van der Waals surface area contributed by atoms with Crippen molar-refractivity contribution in [2.75, 3.05) is 33.3 Å². The van der Waals surface area contributed by atoms with Crippen molar-refractivity contribution in [3.05, 3.63) is 63.2 Å². The minimum Gasteiger partial charge on any atom is -0.496 e. The van der Waals surface area contributed by atoms with Crippen LogP contribution >= 0.6 is 0 Å². The first-order valence-corrected chi connectivity index (χ1v) is 13.4. The third kappa shape index (κ3) is 4.95. The van der Waals surface area contributed by atoms with Gasteiger partial charge in [-0.25, -0.2) is 0 Å². The largest absolute Gasteiger partial charge is 0.496 e. The van der Waals surface area contributed by atoms with Crippen molar-refractivity contribution >= 4 is 22.7 Å². The standard InChI is InChI=1S/C29H37N5O4/c1-18-13-26(38-4)24(28(36)31-18)14-30-29(37)27-19(2)34(25-8-6-5-7-23(25)27)15-21-9-11-32(12-10-21)22-16-33(17-22)20(3)35/h5-8,13,21-22H,9-12,14-17H2,1-4H3,(H,30,37)(H,31,36). The number of nitrogens with zero attached hydrogens (tertiary/aromatic N) is 3. The number of methoxy groups -OCH3 is 1. The van der Waals surface area contributed by atoms with E-state index in [2.05, 4.69) is 25.8 Å². The van der Waals surface area contributed by atoms with Crippen molar-refractivity contribution in [1.82, 2.24) is 24.7 Å². The molecule has 0 bridgehead atoms. The summed E-state index contributed by atoms with van der Waals surface area (Å²) in [6.07, 6.45) is 2.19. The molecule has 0 unspecified atom stereocenters. The van der Waals surface area contributed by atoms with Crippen LogP contribution in [-0.2, 0) is 17.9 Å². The number of H-pyrrole nitrogens is 1. The first-order valence-electron chi connectivity index (χ1n) is 13.4. The molecule has 2 aromatic heterocycles. The minimum absolute atomic E-state index is 0.0806. The molecule has 2 saturated heterocycles. The molecule has 4 heterocycles. The van der Waals surface area contributed by atoms with Crippen molar-refractivity contribution in [2.24, 2.45) is 5.92 Å². The van der Waals surface area contributed by atoms with Gasteiger partial charge in [-0.2, -0.15) is 0 Å². The Morgan fingerprint density at radius 1 is 1.13 bits per heavy atom. The Labute approximate surface area is 222 Å². The van der Waals surface area contributed by atoms with Crippen LogP contribution in [-0.4, -0.2) is 70.5 Å². The quantitative estimate of drug-likeness (QED) is 0.500. The Balaban J connectivity index is 1.29. The van der Waals surface area contributed by atoms with Gasteiger partial charge in [-0.1, -0.05) is 18.2 Å². The number of pyridine rings is 1. The molecule has 202 valence electrons. The number of rotatable bonds is 7. The molecule has 5 rings (SSSR count). The molecule has 0 saturated carbocycles. The highest BCUT2D eigenvalue weighted by Gasteiger charge is 2.35. The zero-order valence-corrected chi connectivity index (χ0v) is 22.7. The summed E-state index contributed by atoms with van der Waals surface area (Å²) >= 11 is 0. The molecule has 9 heteroatoms. The lowest BCUT2D eigenvalue weighted by Crippen LogP contribution is -2.61. The number of para-hydroxylation sites is 1. The molecular formula is C29H37N5O4. The molecule has 2 amide bonds. The van der Waals surface area contributed by atoms with Crippen LogP contribution in [0, 0.1) is 19.8 Å². The first-order chi connectivity index (χ1) is 18.3. The maximum atomic E-state index is 13.5. The average Bonchev–Trinajstić information content (AvgIpc) is 3.14. The van der Waals surface area contributed by atoms with Crippen LogP contribution in [0.4, 0.5) is 0 Å². The van der Waals surface area contributed by atoms with Crippen molar-refractivity contribution in [2.45, 2.75) is 52.7 Å². The van der Waals surface area contributed by atoms with Crippen LogP contribution in [0.3, 0.4) is 0 Å². The number of nitrogens with one attached hydrogen (secondary N) is 2. The summed E-state index contributed by atoms with van der Waals surface area (Å²) in [5, 5.41) is 3.88. The number of benzene rings is 1. The van der Waals surface area contributed by atoms with E-state index in [1.165, 1.54) is 7.11 Å². The Morgan fingerprint density at radius 2 is 1.84 bits per heavy atom. The van der Waals surface area contributed by atoms with Gasteiger partial charge < -0.3 is 24.5 Å². The first kappa shape index (κ1) is 26.0. The van der Waals surface area contributed by atoms with Gasteiger partial charge in [0.15, 0.2) is 0 Å². The lowest BCUT2D eigenvalue weighted by Gasteiger charge is -2.47. The van der Waals surface area contributed by atoms with E-state index in [0.29, 0.717) is 34.5 Å². The van der Waals surface area contributed by atoms with Gasteiger partial charge in [0.1, 0.15) is 5.75 Å². The van der Waals surface area contributed by atoms with Crippen LogP contribution in [0.25, 0.3) is 10.9 Å². The molecule has 38 heavy (non-hydrogen) atoms. The second kappa shape index (κ2) is 10.6. The van der Waals surface area contributed by atoms with Crippen molar-refractivity contribution < 1.29 is 14.3 Å². The third-order valence-electron chi connectivity index (χ3n) is 8.25. The smallest absolute Gasteiger partial charge is 0.256 e. The van der Waals surface area contributed by atoms with Crippen LogP contribution in [0.2, 0.25) is 0 Å². The molecule has 2 fully saturated rings. The maximum absolute atomic E-state index is 13.5. The summed E-state index contributed by atoms with van der Waals surface area (Å²) in [4.78, 5) is 44.7. The topological polar surface area (TPSA) is 99.7 Å². The number of carbonyl (C=O) groups excluding carboxylic acids is 2. The fourth-order valence-corrected chi connectivity index (χ4v) is 5.95. The summed E-state index contributed by atoms with van der Waals surface area (Å²) in [5.41, 5.74) is 3.49.